The first-order valence-corrected chi connectivity index (χ1v) is 43.2. The van der Waals surface area contributed by atoms with Crippen LogP contribution in [0.15, 0.2) is 0 Å². The van der Waals surface area contributed by atoms with Crippen LogP contribution in [0.3, 0.4) is 0 Å². The van der Waals surface area contributed by atoms with Crippen LogP contribution < -0.4 is 19.6 Å². The molecule has 0 aliphatic rings. The molecule has 0 aromatic heterocycles. The van der Waals surface area contributed by atoms with Crippen LogP contribution in [0.25, 0.3) is 0 Å². The second-order valence-electron chi connectivity index (χ2n) is 25.2. The van der Waals surface area contributed by atoms with Gasteiger partial charge in [-0.05, 0) is 97.6 Å². The first kappa shape index (κ1) is 96.6. The molecule has 6 atom stereocenters. The van der Waals surface area contributed by atoms with E-state index in [0.717, 1.165) is 180 Å². The number of rotatable bonds is 54. The van der Waals surface area contributed by atoms with Crippen molar-refractivity contribution in [2.75, 3.05) is 49.3 Å². The molecule has 0 spiro atoms. The fourth-order valence-corrected chi connectivity index (χ4v) is 20.6. The van der Waals surface area contributed by atoms with Crippen LogP contribution in [-0.4, -0.2) is 49.3 Å². The zero-order valence-electron chi connectivity index (χ0n) is 57.5. The Hall–Kier alpha value is 3.46. The van der Waals surface area contributed by atoms with E-state index in [1.54, 1.807) is 0 Å². The van der Waals surface area contributed by atoms with E-state index >= 15 is 0 Å². The standard InChI is InChI=1S/C20H43O2P.3C16H35O2P.2Nd/c1-3-5-7-9-11-13-15-17-19-23(21,22)20-18-16-14-12-10-8-6-4-2;3*1-5-9-11-15(7-3)13-19(17,18)14-16(8-4)12-10-6-2;;/h3-20H2,1-2H3,(H,21,22);3*15-16H,5-14H2,1-4H3,(H,17,18);;/q;;;;2*+3/p-4. The zero-order valence-corrected chi connectivity index (χ0v) is 67.5. The Balaban J connectivity index is -0.000000234. The molecule has 0 rings (SSSR count). The summed E-state index contributed by atoms with van der Waals surface area (Å²) in [6.45, 7) is 30.2. The molecule has 2 radical (unpaired) electrons. The van der Waals surface area contributed by atoms with Crippen molar-refractivity contribution in [1.82, 2.24) is 0 Å². The van der Waals surface area contributed by atoms with Gasteiger partial charge in [-0.3, -0.25) is 0 Å². The first-order valence-electron chi connectivity index (χ1n) is 35.2. The summed E-state index contributed by atoms with van der Waals surface area (Å²) in [6, 6.07) is 0. The average molecular weight is 1500 g/mol. The summed E-state index contributed by atoms with van der Waals surface area (Å²) in [5.41, 5.74) is 0. The maximum absolute atomic E-state index is 12.3. The van der Waals surface area contributed by atoms with E-state index in [1.165, 1.54) is 77.0 Å². The molecule has 0 fully saturated rings. The van der Waals surface area contributed by atoms with E-state index in [4.69, 9.17) is 0 Å². The first-order chi connectivity index (χ1) is 38.1. The molecule has 0 aromatic carbocycles. The van der Waals surface area contributed by atoms with Gasteiger partial charge in [-0.25, -0.2) is 0 Å². The van der Waals surface area contributed by atoms with E-state index in [0.29, 0.717) is 84.8 Å². The fourth-order valence-electron chi connectivity index (χ4n) is 11.2. The summed E-state index contributed by atoms with van der Waals surface area (Å²) >= 11 is 0. The van der Waals surface area contributed by atoms with Crippen molar-refractivity contribution in [1.29, 1.82) is 0 Å². The summed E-state index contributed by atoms with van der Waals surface area (Å²) in [5, 5.41) is 0. The third-order valence-electron chi connectivity index (χ3n) is 17.2. The maximum atomic E-state index is 12.3. The van der Waals surface area contributed by atoms with Gasteiger partial charge in [0.05, 0.1) is 0 Å². The predicted octanol–water partition coefficient (Wildman–Crippen LogP) is 22.1. The maximum Gasteiger partial charge on any atom is 3.00 e. The third-order valence-corrected chi connectivity index (χ3v) is 25.6. The minimum Gasteiger partial charge on any atom is -0.799 e. The van der Waals surface area contributed by atoms with Gasteiger partial charge < -0.3 is 37.8 Å². The SMILES string of the molecule is CCCCC(CC)CP(=O)([O-])CC(CC)CCCC.CCCCC(CC)CP(=O)([O-])CC(CC)CCCC.CCCCC(CC)CP(=O)([O-])CC(CC)CCCC.CCCCCCCCCCP(=O)([O-])CCCCCCCCCC.[Nd+3].[Nd+3]. The van der Waals surface area contributed by atoms with Crippen molar-refractivity contribution in [3.63, 3.8) is 0 Å². The second-order valence-corrected chi connectivity index (χ2v) is 34.9. The Bertz CT molecular complexity index is 1260. The molecule has 0 aromatic rings. The van der Waals surface area contributed by atoms with Gasteiger partial charge >= 0.3 is 81.7 Å². The van der Waals surface area contributed by atoms with Crippen LogP contribution in [0.1, 0.15) is 354 Å². The normalized spacial score (nSPS) is 15.8. The minimum absolute atomic E-state index is 0. The van der Waals surface area contributed by atoms with Gasteiger partial charge in [-0.1, -0.05) is 341 Å². The molecule has 0 saturated carbocycles. The molecule has 0 N–H and O–H groups in total. The molecule has 6 unspecified atom stereocenters. The van der Waals surface area contributed by atoms with E-state index < -0.39 is 29.5 Å². The molecule has 0 aliphatic carbocycles. The molecule has 82 heavy (non-hydrogen) atoms. The number of hydrogen-bond donors (Lipinski definition) is 0. The Morgan fingerprint density at radius 1 is 0.220 bits per heavy atom. The smallest absolute Gasteiger partial charge is 0.799 e. The quantitative estimate of drug-likeness (QED) is 0.0430. The van der Waals surface area contributed by atoms with Crippen LogP contribution >= 0.6 is 29.5 Å². The third kappa shape index (κ3) is 67.8. The molecule has 0 heterocycles. The summed E-state index contributed by atoms with van der Waals surface area (Å²) < 4.78 is 49.0. The van der Waals surface area contributed by atoms with Crippen molar-refractivity contribution < 1.29 is 120 Å². The van der Waals surface area contributed by atoms with Crippen molar-refractivity contribution in [3.05, 3.63) is 0 Å². The largest absolute Gasteiger partial charge is 3.00 e. The van der Waals surface area contributed by atoms with E-state index in [2.05, 4.69) is 96.9 Å². The minimum atomic E-state index is -3.17. The van der Waals surface area contributed by atoms with Gasteiger partial charge in [0.15, 0.2) is 0 Å². The van der Waals surface area contributed by atoms with E-state index in [1.807, 2.05) is 0 Å². The van der Waals surface area contributed by atoms with Gasteiger partial charge in [0.2, 0.25) is 0 Å². The Kier molecular flexibility index (Phi) is 79.3. The van der Waals surface area contributed by atoms with E-state index in [-0.39, 0.29) is 81.7 Å². The Morgan fingerprint density at radius 3 is 0.512 bits per heavy atom. The van der Waals surface area contributed by atoms with Gasteiger partial charge in [0.1, 0.15) is 0 Å². The zero-order chi connectivity index (χ0) is 61.4. The van der Waals surface area contributed by atoms with Crippen molar-refractivity contribution >= 4 is 29.5 Å². The molecule has 8 nitrogen and oxygen atoms in total. The summed E-state index contributed by atoms with van der Waals surface area (Å²) in [5.74, 6) is 2.29. The Morgan fingerprint density at radius 2 is 0.366 bits per heavy atom. The molecule has 0 saturated heterocycles. The van der Waals surface area contributed by atoms with Gasteiger partial charge in [0, 0.05) is 29.5 Å². The topological polar surface area (TPSA) is 161 Å². The van der Waals surface area contributed by atoms with Crippen LogP contribution in [0.5, 0.6) is 0 Å². The monoisotopic (exact) mass is 1500 g/mol. The van der Waals surface area contributed by atoms with Gasteiger partial charge in [0.25, 0.3) is 0 Å². The number of hydrogen-bond acceptors (Lipinski definition) is 8. The predicted molar refractivity (Wildman–Crippen MR) is 354 cm³/mol. The molecule has 0 aliphatic heterocycles. The Labute approximate surface area is 581 Å². The molecule has 0 bridgehead atoms. The van der Waals surface area contributed by atoms with Gasteiger partial charge in [-0.2, -0.15) is 0 Å². The molecule has 14 heteroatoms. The van der Waals surface area contributed by atoms with Crippen LogP contribution in [0.4, 0.5) is 0 Å². The molecular weight excluding hydrogens is 1360 g/mol. The van der Waals surface area contributed by atoms with Crippen molar-refractivity contribution in [2.45, 2.75) is 354 Å². The summed E-state index contributed by atoms with van der Waals surface area (Å²) in [4.78, 5) is 49.0. The average Bonchev–Trinajstić information content (AvgIpc) is 3.42. The van der Waals surface area contributed by atoms with E-state index in [9.17, 15) is 37.8 Å². The van der Waals surface area contributed by atoms with Crippen LogP contribution in [0, 0.1) is 117 Å². The molecule has 0 amide bonds. The fraction of sp³-hybridized carbons (Fsp3) is 1.00. The molecular formula is C68H144Nd2O8P4+2. The summed E-state index contributed by atoms with van der Waals surface area (Å²) in [7, 11) is -12.6. The second kappa shape index (κ2) is 67.4. The van der Waals surface area contributed by atoms with Crippen LogP contribution in [0.2, 0.25) is 0 Å². The number of unbranched alkanes of at least 4 members (excludes halogenated alkanes) is 20. The summed E-state index contributed by atoms with van der Waals surface area (Å²) in [6.07, 6.45) is 49.4. The van der Waals surface area contributed by atoms with Crippen LogP contribution in [-0.2, 0) is 18.3 Å². The van der Waals surface area contributed by atoms with Crippen molar-refractivity contribution in [3.8, 4) is 0 Å². The van der Waals surface area contributed by atoms with Gasteiger partial charge in [-0.15, -0.1) is 0 Å². The molecule has 490 valence electrons. The van der Waals surface area contributed by atoms with Crippen molar-refractivity contribution in [2.24, 2.45) is 35.5 Å².